The van der Waals surface area contributed by atoms with Gasteiger partial charge in [0.05, 0.1) is 0 Å². The highest BCUT2D eigenvalue weighted by Gasteiger charge is 2.26. The second-order valence-corrected chi connectivity index (χ2v) is 6.26. The number of amides is 1. The van der Waals surface area contributed by atoms with E-state index in [1.165, 1.54) is 4.57 Å². The SMILES string of the molecule is O=C(Cn1ccc2ccccc2c1=O)N1CCC(c2nn[nH]n2)CC1. The number of nitrogens with zero attached hydrogens (tertiary/aromatic N) is 5. The average molecular weight is 338 g/mol. The van der Waals surface area contributed by atoms with Crippen molar-refractivity contribution in [2.45, 2.75) is 25.3 Å². The lowest BCUT2D eigenvalue weighted by atomic mass is 9.96. The van der Waals surface area contributed by atoms with E-state index in [1.807, 2.05) is 24.3 Å². The van der Waals surface area contributed by atoms with Crippen LogP contribution in [0.5, 0.6) is 0 Å². The third-order valence-corrected chi connectivity index (χ3v) is 4.77. The Balaban J connectivity index is 1.44. The Morgan fingerprint density at radius 1 is 1.20 bits per heavy atom. The van der Waals surface area contributed by atoms with Gasteiger partial charge in [-0.25, -0.2) is 0 Å². The van der Waals surface area contributed by atoms with Gasteiger partial charge in [0.1, 0.15) is 6.54 Å². The molecular weight excluding hydrogens is 320 g/mol. The van der Waals surface area contributed by atoms with Gasteiger partial charge in [0.15, 0.2) is 5.82 Å². The molecule has 1 saturated heterocycles. The molecule has 1 aliphatic heterocycles. The van der Waals surface area contributed by atoms with E-state index in [-0.39, 0.29) is 23.9 Å². The van der Waals surface area contributed by atoms with Crippen LogP contribution in [0, 0.1) is 0 Å². The van der Waals surface area contributed by atoms with Crippen molar-refractivity contribution in [3.8, 4) is 0 Å². The summed E-state index contributed by atoms with van der Waals surface area (Å²) in [5, 5.41) is 15.6. The van der Waals surface area contributed by atoms with Gasteiger partial charge in [-0.05, 0) is 30.4 Å². The van der Waals surface area contributed by atoms with E-state index in [9.17, 15) is 9.59 Å². The molecule has 1 aromatic carbocycles. The third-order valence-electron chi connectivity index (χ3n) is 4.77. The summed E-state index contributed by atoms with van der Waals surface area (Å²) in [4.78, 5) is 26.9. The van der Waals surface area contributed by atoms with E-state index in [0.29, 0.717) is 24.3 Å². The lowest BCUT2D eigenvalue weighted by Crippen LogP contribution is -2.41. The number of benzene rings is 1. The largest absolute Gasteiger partial charge is 0.341 e. The van der Waals surface area contributed by atoms with E-state index < -0.39 is 0 Å². The number of pyridine rings is 1. The molecule has 0 bridgehead atoms. The Kier molecular flexibility index (Phi) is 4.01. The second kappa shape index (κ2) is 6.46. The van der Waals surface area contributed by atoms with E-state index in [2.05, 4.69) is 20.6 Å². The summed E-state index contributed by atoms with van der Waals surface area (Å²) < 4.78 is 1.48. The molecule has 2 aromatic heterocycles. The van der Waals surface area contributed by atoms with E-state index in [0.717, 1.165) is 18.2 Å². The number of aromatic nitrogens is 5. The maximum atomic E-state index is 12.6. The van der Waals surface area contributed by atoms with Crippen molar-refractivity contribution in [3.63, 3.8) is 0 Å². The molecular formula is C17H18N6O2. The minimum Gasteiger partial charge on any atom is -0.341 e. The second-order valence-electron chi connectivity index (χ2n) is 6.26. The van der Waals surface area contributed by atoms with Crippen molar-refractivity contribution in [1.29, 1.82) is 0 Å². The van der Waals surface area contributed by atoms with Crippen molar-refractivity contribution >= 4 is 16.7 Å². The van der Waals surface area contributed by atoms with Crippen molar-refractivity contribution in [2.24, 2.45) is 0 Å². The van der Waals surface area contributed by atoms with Crippen LogP contribution < -0.4 is 5.56 Å². The number of hydrogen-bond acceptors (Lipinski definition) is 5. The number of fused-ring (bicyclic) bond motifs is 1. The van der Waals surface area contributed by atoms with Gasteiger partial charge in [-0.1, -0.05) is 23.4 Å². The molecule has 3 aromatic rings. The average Bonchev–Trinajstić information content (AvgIpc) is 3.19. The third kappa shape index (κ3) is 3.02. The van der Waals surface area contributed by atoms with Crippen LogP contribution in [0.15, 0.2) is 41.3 Å². The van der Waals surface area contributed by atoms with Gasteiger partial charge in [-0.2, -0.15) is 5.21 Å². The van der Waals surface area contributed by atoms with Crippen molar-refractivity contribution in [1.82, 2.24) is 30.1 Å². The Morgan fingerprint density at radius 2 is 2.00 bits per heavy atom. The molecule has 3 heterocycles. The van der Waals surface area contributed by atoms with Crippen LogP contribution >= 0.6 is 0 Å². The predicted molar refractivity (Wildman–Crippen MR) is 90.9 cm³/mol. The van der Waals surface area contributed by atoms with E-state index in [4.69, 9.17) is 0 Å². The molecule has 1 aliphatic rings. The lowest BCUT2D eigenvalue weighted by molar-refractivity contribution is -0.132. The summed E-state index contributed by atoms with van der Waals surface area (Å²) in [5.41, 5.74) is -0.131. The number of aromatic amines is 1. The fourth-order valence-electron chi connectivity index (χ4n) is 3.33. The lowest BCUT2D eigenvalue weighted by Gasteiger charge is -2.30. The number of hydrogen-bond donors (Lipinski definition) is 1. The molecule has 1 amide bonds. The molecule has 0 aliphatic carbocycles. The fourth-order valence-corrected chi connectivity index (χ4v) is 3.33. The monoisotopic (exact) mass is 338 g/mol. The molecule has 25 heavy (non-hydrogen) atoms. The highest BCUT2D eigenvalue weighted by molar-refractivity contribution is 5.82. The number of carbonyl (C=O) groups is 1. The Hall–Kier alpha value is -3.03. The summed E-state index contributed by atoms with van der Waals surface area (Å²) in [6, 6.07) is 9.27. The number of tetrazole rings is 1. The number of nitrogens with one attached hydrogen (secondary N) is 1. The molecule has 128 valence electrons. The van der Waals surface area contributed by atoms with Crippen LogP contribution in [0.3, 0.4) is 0 Å². The molecule has 8 heteroatoms. The first-order chi connectivity index (χ1) is 12.2. The Bertz CT molecular complexity index is 941. The molecule has 0 saturated carbocycles. The molecule has 0 radical (unpaired) electrons. The summed E-state index contributed by atoms with van der Waals surface area (Å²) in [6.07, 6.45) is 3.30. The zero-order valence-corrected chi connectivity index (χ0v) is 13.6. The highest BCUT2D eigenvalue weighted by Crippen LogP contribution is 2.24. The van der Waals surface area contributed by atoms with Crippen LogP contribution in [-0.2, 0) is 11.3 Å². The molecule has 0 atom stereocenters. The number of carbonyl (C=O) groups excluding carboxylic acids is 1. The highest BCUT2D eigenvalue weighted by atomic mass is 16.2. The first-order valence-electron chi connectivity index (χ1n) is 8.31. The standard InChI is InChI=1S/C17H18N6O2/c24-15(22-8-6-13(7-9-22)16-18-20-21-19-16)11-23-10-5-12-3-1-2-4-14(12)17(23)25/h1-5,10,13H,6-9,11H2,(H,18,19,20,21). The summed E-state index contributed by atoms with van der Waals surface area (Å²) in [6.45, 7) is 1.34. The first kappa shape index (κ1) is 15.5. The molecule has 1 N–H and O–H groups in total. The Morgan fingerprint density at radius 3 is 2.76 bits per heavy atom. The Labute approximate surface area is 143 Å². The summed E-state index contributed by atoms with van der Waals surface area (Å²) in [7, 11) is 0. The maximum absolute atomic E-state index is 12.6. The van der Waals surface area contributed by atoms with Crippen molar-refractivity contribution in [2.75, 3.05) is 13.1 Å². The van der Waals surface area contributed by atoms with Gasteiger partial charge < -0.3 is 9.47 Å². The van der Waals surface area contributed by atoms with Gasteiger partial charge in [-0.15, -0.1) is 10.2 Å². The maximum Gasteiger partial charge on any atom is 0.258 e. The molecule has 0 spiro atoms. The number of piperidine rings is 1. The summed E-state index contributed by atoms with van der Waals surface area (Å²) in [5.74, 6) is 0.896. The van der Waals surface area contributed by atoms with Crippen molar-refractivity contribution in [3.05, 3.63) is 52.7 Å². The van der Waals surface area contributed by atoms with Gasteiger partial charge in [0, 0.05) is 30.6 Å². The number of rotatable bonds is 3. The normalized spacial score (nSPS) is 15.6. The molecule has 1 fully saturated rings. The van der Waals surface area contributed by atoms with Gasteiger partial charge >= 0.3 is 0 Å². The van der Waals surface area contributed by atoms with Gasteiger partial charge in [0.2, 0.25) is 5.91 Å². The minimum atomic E-state index is -0.131. The topological polar surface area (TPSA) is 96.8 Å². The van der Waals surface area contributed by atoms with Crippen LogP contribution in [0.4, 0.5) is 0 Å². The minimum absolute atomic E-state index is 0.0380. The first-order valence-corrected chi connectivity index (χ1v) is 8.31. The van der Waals surface area contributed by atoms with Crippen molar-refractivity contribution < 1.29 is 4.79 Å². The van der Waals surface area contributed by atoms with Crippen LogP contribution in [-0.4, -0.2) is 49.1 Å². The van der Waals surface area contributed by atoms with Gasteiger partial charge in [0.25, 0.3) is 5.56 Å². The number of likely N-dealkylation sites (tertiary alicyclic amines) is 1. The van der Waals surface area contributed by atoms with Crippen LogP contribution in [0.25, 0.3) is 10.8 Å². The van der Waals surface area contributed by atoms with Gasteiger partial charge in [-0.3, -0.25) is 9.59 Å². The quantitative estimate of drug-likeness (QED) is 0.766. The molecule has 4 rings (SSSR count). The molecule has 0 unspecified atom stereocenters. The van der Waals surface area contributed by atoms with E-state index >= 15 is 0 Å². The zero-order chi connectivity index (χ0) is 17.2. The number of H-pyrrole nitrogens is 1. The smallest absolute Gasteiger partial charge is 0.258 e. The summed E-state index contributed by atoms with van der Waals surface area (Å²) >= 11 is 0. The van der Waals surface area contributed by atoms with Crippen LogP contribution in [0.1, 0.15) is 24.6 Å². The zero-order valence-electron chi connectivity index (χ0n) is 13.6. The fraction of sp³-hybridized carbons (Fsp3) is 0.353. The molecule has 8 nitrogen and oxygen atoms in total. The predicted octanol–water partition coefficient (Wildman–Crippen LogP) is 0.921. The van der Waals surface area contributed by atoms with E-state index in [1.54, 1.807) is 17.2 Å². The van der Waals surface area contributed by atoms with Crippen LogP contribution in [0.2, 0.25) is 0 Å².